The number of rotatable bonds is 3. The van der Waals surface area contributed by atoms with E-state index in [1.54, 1.807) is 24.4 Å². The first kappa shape index (κ1) is 17.4. The molecule has 2 aromatic carbocycles. The highest BCUT2D eigenvalue weighted by atomic mass is 35.5. The topological polar surface area (TPSA) is 51.2 Å². The van der Waals surface area contributed by atoms with Crippen molar-refractivity contribution in [1.82, 2.24) is 10.3 Å². The number of alkyl carbamates (subject to hydrolysis) is 1. The molecule has 0 aliphatic carbocycles. The van der Waals surface area contributed by atoms with Crippen LogP contribution >= 0.6 is 11.6 Å². The summed E-state index contributed by atoms with van der Waals surface area (Å²) in [6, 6.07) is 11.7. The number of aromatic nitrogens is 1. The summed E-state index contributed by atoms with van der Waals surface area (Å²) in [4.78, 5) is 16.0. The van der Waals surface area contributed by atoms with Gasteiger partial charge in [-0.25, -0.2) is 13.6 Å². The van der Waals surface area contributed by atoms with Crippen LogP contribution < -0.4 is 5.32 Å². The molecule has 4 nitrogen and oxygen atoms in total. The monoisotopic (exact) mass is 386 g/mol. The molecule has 0 unspecified atom stereocenters. The number of hydrogen-bond acceptors (Lipinski definition) is 3. The van der Waals surface area contributed by atoms with E-state index < -0.39 is 29.9 Å². The van der Waals surface area contributed by atoms with Crippen LogP contribution in [0.2, 0.25) is 5.02 Å². The van der Waals surface area contributed by atoms with Crippen LogP contribution in [0, 0.1) is 11.6 Å². The lowest BCUT2D eigenvalue weighted by Gasteiger charge is -2.19. The summed E-state index contributed by atoms with van der Waals surface area (Å²) in [7, 11) is 0. The molecule has 1 aromatic heterocycles. The zero-order valence-corrected chi connectivity index (χ0v) is 14.6. The van der Waals surface area contributed by atoms with Crippen molar-refractivity contribution in [2.45, 2.75) is 12.1 Å². The SMILES string of the molecule is O=C1N[C@H](c2cncc(-c3cccc(Cl)c3)c2)[C@@H](c2c(F)cccc2F)O1. The van der Waals surface area contributed by atoms with Gasteiger partial charge in [0.25, 0.3) is 0 Å². The molecule has 7 heteroatoms. The largest absolute Gasteiger partial charge is 0.439 e. The fraction of sp³-hybridized carbons (Fsp3) is 0.100. The first-order chi connectivity index (χ1) is 13.0. The Kier molecular flexibility index (Phi) is 4.49. The van der Waals surface area contributed by atoms with E-state index >= 15 is 0 Å². The second-order valence-electron chi connectivity index (χ2n) is 6.10. The molecule has 2 heterocycles. The summed E-state index contributed by atoms with van der Waals surface area (Å²) >= 11 is 6.04. The Hall–Kier alpha value is -2.99. The number of pyridine rings is 1. The standard InChI is InChI=1S/C20H13ClF2N2O2/c21-14-4-1-3-11(8-14)12-7-13(10-24-9-12)18-19(27-20(26)25-18)17-15(22)5-2-6-16(17)23/h1-10,18-19H,(H,25,26)/t18-,19-/m1/s1. The fourth-order valence-electron chi connectivity index (χ4n) is 3.14. The summed E-state index contributed by atoms with van der Waals surface area (Å²) in [6.45, 7) is 0. The molecule has 1 saturated heterocycles. The van der Waals surface area contributed by atoms with Crippen LogP contribution in [-0.4, -0.2) is 11.1 Å². The number of carbonyl (C=O) groups is 1. The van der Waals surface area contributed by atoms with Crippen molar-refractivity contribution in [3.63, 3.8) is 0 Å². The van der Waals surface area contributed by atoms with Crippen LogP contribution in [0.15, 0.2) is 60.9 Å². The number of halogens is 3. The van der Waals surface area contributed by atoms with E-state index in [4.69, 9.17) is 16.3 Å². The molecule has 1 fully saturated rings. The van der Waals surface area contributed by atoms with E-state index in [9.17, 15) is 13.6 Å². The van der Waals surface area contributed by atoms with Crippen molar-refractivity contribution in [3.05, 3.63) is 88.7 Å². The number of ether oxygens (including phenoxy) is 1. The summed E-state index contributed by atoms with van der Waals surface area (Å²) in [6.07, 6.45) is 1.28. The Morgan fingerprint density at radius 3 is 2.48 bits per heavy atom. The van der Waals surface area contributed by atoms with Crippen molar-refractivity contribution in [2.24, 2.45) is 0 Å². The molecular weight excluding hydrogens is 374 g/mol. The normalized spacial score (nSPS) is 18.9. The maximum atomic E-state index is 14.2. The van der Waals surface area contributed by atoms with Crippen LogP contribution in [0.25, 0.3) is 11.1 Å². The smallest absolute Gasteiger partial charge is 0.408 e. The molecule has 3 aromatic rings. The van der Waals surface area contributed by atoms with Gasteiger partial charge in [-0.05, 0) is 41.5 Å². The highest BCUT2D eigenvalue weighted by Crippen LogP contribution is 2.39. The van der Waals surface area contributed by atoms with Crippen LogP contribution in [-0.2, 0) is 4.74 Å². The summed E-state index contributed by atoms with van der Waals surface area (Å²) < 4.78 is 33.6. The van der Waals surface area contributed by atoms with Gasteiger partial charge in [-0.2, -0.15) is 0 Å². The zero-order valence-electron chi connectivity index (χ0n) is 13.8. The minimum absolute atomic E-state index is 0.297. The molecule has 1 aliphatic rings. The van der Waals surface area contributed by atoms with E-state index in [0.29, 0.717) is 10.6 Å². The van der Waals surface area contributed by atoms with Gasteiger partial charge in [0.2, 0.25) is 0 Å². The number of nitrogens with zero attached hydrogens (tertiary/aromatic N) is 1. The van der Waals surface area contributed by atoms with E-state index in [-0.39, 0.29) is 5.56 Å². The highest BCUT2D eigenvalue weighted by Gasteiger charge is 2.39. The van der Waals surface area contributed by atoms with Crippen molar-refractivity contribution in [1.29, 1.82) is 0 Å². The Morgan fingerprint density at radius 2 is 1.74 bits per heavy atom. The van der Waals surface area contributed by atoms with Gasteiger partial charge in [0.15, 0.2) is 6.10 Å². The molecule has 4 rings (SSSR count). The summed E-state index contributed by atoms with van der Waals surface area (Å²) in [5.74, 6) is -1.55. The second-order valence-corrected chi connectivity index (χ2v) is 6.54. The van der Waals surface area contributed by atoms with E-state index in [1.165, 1.54) is 12.3 Å². The van der Waals surface area contributed by atoms with Crippen LogP contribution in [0.3, 0.4) is 0 Å². The molecule has 0 saturated carbocycles. The average Bonchev–Trinajstić information content (AvgIpc) is 3.03. The van der Waals surface area contributed by atoms with Crippen molar-refractivity contribution in [2.75, 3.05) is 0 Å². The number of benzene rings is 2. The van der Waals surface area contributed by atoms with Crippen LogP contribution in [0.4, 0.5) is 13.6 Å². The number of nitrogens with one attached hydrogen (secondary N) is 1. The van der Waals surface area contributed by atoms with E-state index in [1.807, 2.05) is 12.1 Å². The second kappa shape index (κ2) is 6.96. The van der Waals surface area contributed by atoms with Gasteiger partial charge >= 0.3 is 6.09 Å². The average molecular weight is 387 g/mol. The van der Waals surface area contributed by atoms with Gasteiger partial charge in [-0.3, -0.25) is 4.98 Å². The van der Waals surface area contributed by atoms with Crippen molar-refractivity contribution < 1.29 is 18.3 Å². The Labute approximate surface area is 158 Å². The molecule has 136 valence electrons. The molecule has 0 radical (unpaired) electrons. The van der Waals surface area contributed by atoms with Crippen molar-refractivity contribution >= 4 is 17.7 Å². The third kappa shape index (κ3) is 3.36. The Bertz CT molecular complexity index is 1010. The van der Waals surface area contributed by atoms with E-state index in [2.05, 4.69) is 10.3 Å². The zero-order chi connectivity index (χ0) is 19.0. The van der Waals surface area contributed by atoms with Gasteiger partial charge in [0, 0.05) is 23.0 Å². The Balaban J connectivity index is 1.76. The molecular formula is C20H13ClF2N2O2. The third-order valence-corrected chi connectivity index (χ3v) is 4.61. The summed E-state index contributed by atoms with van der Waals surface area (Å²) in [5.41, 5.74) is 1.85. The maximum absolute atomic E-state index is 14.2. The van der Waals surface area contributed by atoms with E-state index in [0.717, 1.165) is 23.3 Å². The lowest BCUT2D eigenvalue weighted by Crippen LogP contribution is -2.20. The molecule has 27 heavy (non-hydrogen) atoms. The predicted octanol–water partition coefficient (Wildman–Crippen LogP) is 5.20. The lowest BCUT2D eigenvalue weighted by molar-refractivity contribution is 0.127. The van der Waals surface area contributed by atoms with Crippen LogP contribution in [0.1, 0.15) is 23.3 Å². The first-order valence-corrected chi connectivity index (χ1v) is 8.52. The lowest BCUT2D eigenvalue weighted by atomic mass is 9.95. The molecule has 0 spiro atoms. The van der Waals surface area contributed by atoms with Gasteiger partial charge in [-0.1, -0.05) is 29.8 Å². The number of carbonyl (C=O) groups excluding carboxylic acids is 1. The minimum Gasteiger partial charge on any atom is -0.439 e. The molecule has 0 bridgehead atoms. The molecule has 1 N–H and O–H groups in total. The molecule has 1 aliphatic heterocycles. The Morgan fingerprint density at radius 1 is 1.00 bits per heavy atom. The van der Waals surface area contributed by atoms with Gasteiger partial charge in [-0.15, -0.1) is 0 Å². The van der Waals surface area contributed by atoms with Gasteiger partial charge in [0.1, 0.15) is 17.7 Å². The number of cyclic esters (lactones) is 1. The third-order valence-electron chi connectivity index (χ3n) is 4.37. The molecule has 1 amide bonds. The first-order valence-electron chi connectivity index (χ1n) is 8.15. The van der Waals surface area contributed by atoms with Gasteiger partial charge in [0.05, 0.1) is 5.56 Å². The maximum Gasteiger partial charge on any atom is 0.408 e. The van der Waals surface area contributed by atoms with Gasteiger partial charge < -0.3 is 10.1 Å². The highest BCUT2D eigenvalue weighted by molar-refractivity contribution is 6.30. The van der Waals surface area contributed by atoms with Crippen molar-refractivity contribution in [3.8, 4) is 11.1 Å². The number of hydrogen-bond donors (Lipinski definition) is 1. The number of amides is 1. The summed E-state index contributed by atoms with van der Waals surface area (Å²) in [5, 5.41) is 3.17. The quantitative estimate of drug-likeness (QED) is 0.673. The van der Waals surface area contributed by atoms with Crippen LogP contribution in [0.5, 0.6) is 0 Å². The molecule has 2 atom stereocenters. The fourth-order valence-corrected chi connectivity index (χ4v) is 3.33. The predicted molar refractivity (Wildman–Crippen MR) is 96.1 cm³/mol. The minimum atomic E-state index is -1.14.